The molecule has 2 nitrogen and oxygen atoms in total. The van der Waals surface area contributed by atoms with Gasteiger partial charge in [0.15, 0.2) is 0 Å². The molecule has 1 saturated carbocycles. The van der Waals surface area contributed by atoms with Gasteiger partial charge in [0.2, 0.25) is 0 Å². The van der Waals surface area contributed by atoms with Gasteiger partial charge in [-0.25, -0.2) is 0 Å². The quantitative estimate of drug-likeness (QED) is 0.655. The van der Waals surface area contributed by atoms with Crippen LogP contribution in [0.4, 0.5) is 0 Å². The van der Waals surface area contributed by atoms with Gasteiger partial charge in [0.1, 0.15) is 6.10 Å². The van der Waals surface area contributed by atoms with Crippen LogP contribution in [0.2, 0.25) is 0 Å². The lowest BCUT2D eigenvalue weighted by atomic mass is 9.66. The molecule has 1 heterocycles. The van der Waals surface area contributed by atoms with Crippen molar-refractivity contribution < 1.29 is 9.53 Å². The van der Waals surface area contributed by atoms with Crippen LogP contribution in [0.25, 0.3) is 0 Å². The third kappa shape index (κ3) is 1.79. The highest BCUT2D eigenvalue weighted by atomic mass is 16.6. The number of fused-ring (bicyclic) bond motifs is 1. The molecule has 1 aliphatic carbocycles. The summed E-state index contributed by atoms with van der Waals surface area (Å²) in [5.41, 5.74) is 0. The third-order valence-corrected chi connectivity index (χ3v) is 4.57. The maximum absolute atomic E-state index is 11.7. The Morgan fingerprint density at radius 3 is 2.40 bits per heavy atom. The summed E-state index contributed by atoms with van der Waals surface area (Å²) in [7, 11) is 0. The molecular weight excluding hydrogens is 188 g/mol. The van der Waals surface area contributed by atoms with E-state index in [0.717, 1.165) is 18.3 Å². The molecule has 0 aromatic rings. The van der Waals surface area contributed by atoms with Gasteiger partial charge in [0.25, 0.3) is 0 Å². The Bertz CT molecular complexity index is 249. The lowest BCUT2D eigenvalue weighted by Crippen LogP contribution is -2.33. The fourth-order valence-corrected chi connectivity index (χ4v) is 3.55. The van der Waals surface area contributed by atoms with Crippen molar-refractivity contribution in [3.63, 3.8) is 0 Å². The summed E-state index contributed by atoms with van der Waals surface area (Å²) in [6.45, 7) is 6.58. The molecule has 5 atom stereocenters. The molecule has 0 radical (unpaired) electrons. The molecule has 15 heavy (non-hydrogen) atoms. The summed E-state index contributed by atoms with van der Waals surface area (Å²) in [6, 6.07) is 0. The lowest BCUT2D eigenvalue weighted by Gasteiger charge is -2.36. The van der Waals surface area contributed by atoms with Crippen LogP contribution in [-0.4, -0.2) is 12.1 Å². The second-order valence-corrected chi connectivity index (χ2v) is 5.22. The summed E-state index contributed by atoms with van der Waals surface area (Å²) >= 11 is 0. The summed E-state index contributed by atoms with van der Waals surface area (Å²) in [6.07, 6.45) is 4.90. The van der Waals surface area contributed by atoms with E-state index in [1.807, 2.05) is 0 Å². The van der Waals surface area contributed by atoms with E-state index < -0.39 is 0 Å². The molecule has 2 heteroatoms. The molecule has 1 saturated heterocycles. The van der Waals surface area contributed by atoms with E-state index in [2.05, 4.69) is 20.8 Å². The Morgan fingerprint density at radius 1 is 1.20 bits per heavy atom. The Balaban J connectivity index is 2.12. The van der Waals surface area contributed by atoms with Gasteiger partial charge in [-0.15, -0.1) is 0 Å². The van der Waals surface area contributed by atoms with Crippen LogP contribution in [-0.2, 0) is 9.53 Å². The van der Waals surface area contributed by atoms with Crippen LogP contribution in [0.15, 0.2) is 0 Å². The first-order valence-electron chi connectivity index (χ1n) is 6.37. The largest absolute Gasteiger partial charge is 0.462 e. The number of esters is 1. The maximum atomic E-state index is 11.7. The average Bonchev–Trinajstić information content (AvgIpc) is 2.52. The van der Waals surface area contributed by atoms with Crippen molar-refractivity contribution in [1.29, 1.82) is 0 Å². The Kier molecular flexibility index (Phi) is 3.03. The molecule has 0 aromatic carbocycles. The molecule has 0 aromatic heterocycles. The van der Waals surface area contributed by atoms with E-state index in [9.17, 15) is 4.79 Å². The molecule has 0 spiro atoms. The second kappa shape index (κ2) is 4.15. The first kappa shape index (κ1) is 11.0. The number of cyclic esters (lactones) is 1. The second-order valence-electron chi connectivity index (χ2n) is 5.22. The molecule has 4 unspecified atom stereocenters. The number of hydrogen-bond acceptors (Lipinski definition) is 2. The zero-order valence-electron chi connectivity index (χ0n) is 10.0. The highest BCUT2D eigenvalue weighted by molar-refractivity contribution is 5.75. The number of hydrogen-bond donors (Lipinski definition) is 0. The number of carbonyl (C=O) groups excluding carboxylic acids is 1. The van der Waals surface area contributed by atoms with Crippen molar-refractivity contribution in [3.8, 4) is 0 Å². The van der Waals surface area contributed by atoms with E-state index in [1.165, 1.54) is 19.3 Å². The lowest BCUT2D eigenvalue weighted by molar-refractivity contribution is -0.144. The van der Waals surface area contributed by atoms with Gasteiger partial charge in [0.05, 0.1) is 5.92 Å². The van der Waals surface area contributed by atoms with Crippen molar-refractivity contribution >= 4 is 5.97 Å². The molecule has 2 fully saturated rings. The van der Waals surface area contributed by atoms with E-state index >= 15 is 0 Å². The molecule has 0 N–H and O–H groups in total. The van der Waals surface area contributed by atoms with E-state index in [-0.39, 0.29) is 18.0 Å². The minimum Gasteiger partial charge on any atom is -0.462 e. The van der Waals surface area contributed by atoms with Crippen LogP contribution in [0.3, 0.4) is 0 Å². The Hall–Kier alpha value is -0.530. The smallest absolute Gasteiger partial charge is 0.309 e. The summed E-state index contributed by atoms with van der Waals surface area (Å²) < 4.78 is 5.35. The highest BCUT2D eigenvalue weighted by Gasteiger charge is 2.47. The predicted molar refractivity (Wildman–Crippen MR) is 59.3 cm³/mol. The fourth-order valence-electron chi connectivity index (χ4n) is 3.55. The molecule has 2 aliphatic rings. The molecule has 86 valence electrons. The number of rotatable bonds is 2. The minimum absolute atomic E-state index is 0.0699. The van der Waals surface area contributed by atoms with Gasteiger partial charge in [-0.3, -0.25) is 4.79 Å². The first-order chi connectivity index (χ1) is 7.17. The predicted octanol–water partition coefficient (Wildman–Crippen LogP) is 3.01. The molecular formula is C13H22O2. The van der Waals surface area contributed by atoms with Gasteiger partial charge in [-0.05, 0) is 31.6 Å². The fraction of sp³-hybridized carbons (Fsp3) is 0.923. The first-order valence-corrected chi connectivity index (χ1v) is 6.37. The Morgan fingerprint density at radius 2 is 1.80 bits per heavy atom. The van der Waals surface area contributed by atoms with Gasteiger partial charge in [-0.1, -0.05) is 26.7 Å². The third-order valence-electron chi connectivity index (χ3n) is 4.57. The van der Waals surface area contributed by atoms with Crippen LogP contribution < -0.4 is 0 Å². The highest BCUT2D eigenvalue weighted by Crippen LogP contribution is 2.46. The topological polar surface area (TPSA) is 26.3 Å². The summed E-state index contributed by atoms with van der Waals surface area (Å²) in [5.74, 6) is 2.35. The van der Waals surface area contributed by atoms with E-state index in [0.29, 0.717) is 5.92 Å². The SMILES string of the molecule is CCC1CC2C(=O)OC(C)C2C[C@@H]1CC. The van der Waals surface area contributed by atoms with E-state index in [1.54, 1.807) is 0 Å². The molecule has 0 bridgehead atoms. The van der Waals surface area contributed by atoms with Crippen LogP contribution in [0, 0.1) is 23.7 Å². The minimum atomic E-state index is 0.0699. The van der Waals surface area contributed by atoms with Crippen molar-refractivity contribution in [2.75, 3.05) is 0 Å². The average molecular weight is 210 g/mol. The number of carbonyl (C=O) groups is 1. The standard InChI is InChI=1S/C13H22O2/c1-4-9-6-11-8(3)15-13(14)12(11)7-10(9)5-2/h8-12H,4-7H2,1-3H3/t8?,9-,10?,11?,12?/m0/s1. The molecule has 2 rings (SSSR count). The summed E-state index contributed by atoms with van der Waals surface area (Å²) in [4.78, 5) is 11.7. The molecule has 0 amide bonds. The van der Waals surface area contributed by atoms with Gasteiger partial charge in [-0.2, -0.15) is 0 Å². The normalized spacial score (nSPS) is 45.0. The zero-order chi connectivity index (χ0) is 11.0. The van der Waals surface area contributed by atoms with E-state index in [4.69, 9.17) is 4.74 Å². The monoisotopic (exact) mass is 210 g/mol. The van der Waals surface area contributed by atoms with Crippen molar-refractivity contribution in [3.05, 3.63) is 0 Å². The maximum Gasteiger partial charge on any atom is 0.309 e. The van der Waals surface area contributed by atoms with Crippen molar-refractivity contribution in [2.24, 2.45) is 23.7 Å². The van der Waals surface area contributed by atoms with Crippen LogP contribution in [0.5, 0.6) is 0 Å². The van der Waals surface area contributed by atoms with Gasteiger partial charge in [0, 0.05) is 5.92 Å². The molecule has 1 aliphatic heterocycles. The number of ether oxygens (including phenoxy) is 1. The van der Waals surface area contributed by atoms with Gasteiger partial charge >= 0.3 is 5.97 Å². The summed E-state index contributed by atoms with van der Waals surface area (Å²) in [5, 5.41) is 0. The van der Waals surface area contributed by atoms with Crippen LogP contribution in [0.1, 0.15) is 46.5 Å². The van der Waals surface area contributed by atoms with Gasteiger partial charge < -0.3 is 4.74 Å². The van der Waals surface area contributed by atoms with Crippen LogP contribution >= 0.6 is 0 Å². The zero-order valence-corrected chi connectivity index (χ0v) is 10.0. The van der Waals surface area contributed by atoms with Crippen molar-refractivity contribution in [2.45, 2.75) is 52.6 Å². The Labute approximate surface area is 92.4 Å². The van der Waals surface area contributed by atoms with Crippen molar-refractivity contribution in [1.82, 2.24) is 0 Å².